The van der Waals surface area contributed by atoms with E-state index in [2.05, 4.69) is 50.2 Å². The lowest BCUT2D eigenvalue weighted by atomic mass is 9.91. The Kier molecular flexibility index (Phi) is 7.28. The summed E-state index contributed by atoms with van der Waals surface area (Å²) in [5.41, 5.74) is 2.04. The van der Waals surface area contributed by atoms with Gasteiger partial charge >= 0.3 is 0 Å². The lowest BCUT2D eigenvalue weighted by Crippen LogP contribution is -2.39. The zero-order valence-corrected chi connectivity index (χ0v) is 20.8. The summed E-state index contributed by atoms with van der Waals surface area (Å²) in [5.74, 6) is -0.370. The Morgan fingerprint density at radius 3 is 2.50 bits per heavy atom. The zero-order valence-electron chi connectivity index (χ0n) is 20.8. The number of halogens is 1. The Morgan fingerprint density at radius 1 is 1.06 bits per heavy atom. The Hall–Kier alpha value is -3.31. The third kappa shape index (κ3) is 6.08. The first-order valence-electron chi connectivity index (χ1n) is 12.7. The normalized spacial score (nSPS) is 20.0. The van der Waals surface area contributed by atoms with Crippen LogP contribution in [0.1, 0.15) is 49.0 Å². The molecule has 3 heterocycles. The van der Waals surface area contributed by atoms with Gasteiger partial charge in [-0.25, -0.2) is 14.5 Å². The first-order chi connectivity index (χ1) is 17.4. The lowest BCUT2D eigenvalue weighted by molar-refractivity contribution is 0.102. The first kappa shape index (κ1) is 24.4. The standard InChI is InChI=1S/C25H34FN9O/c1-34(2)12-11-27-16-3-5-18(6-4-16)31-23-14-20(30-17-7-8-17)24-29-15-21(35(24)33-23)25(36)32-19-9-10-28-22(26)13-19/h9-10,13-18,27,30H,3-8,11-12H2,1-2H3,(H,31,33)(H,28,32,36). The third-order valence-corrected chi connectivity index (χ3v) is 6.69. The average molecular weight is 496 g/mol. The van der Waals surface area contributed by atoms with Crippen molar-refractivity contribution < 1.29 is 9.18 Å². The second-order valence-electron chi connectivity index (χ2n) is 10.0. The molecule has 0 bridgehead atoms. The number of fused-ring (bicyclic) bond motifs is 1. The van der Waals surface area contributed by atoms with E-state index in [1.807, 2.05) is 6.07 Å². The molecule has 2 aliphatic carbocycles. The minimum atomic E-state index is -0.658. The van der Waals surface area contributed by atoms with Gasteiger partial charge in [-0.15, -0.1) is 5.10 Å². The van der Waals surface area contributed by atoms with Crippen LogP contribution < -0.4 is 21.3 Å². The number of nitrogens with one attached hydrogen (secondary N) is 4. The summed E-state index contributed by atoms with van der Waals surface area (Å²) in [6.07, 6.45) is 9.37. The highest BCUT2D eigenvalue weighted by atomic mass is 19.1. The number of aromatic nitrogens is 4. The quantitative estimate of drug-likeness (QED) is 0.318. The monoisotopic (exact) mass is 495 g/mol. The minimum Gasteiger partial charge on any atom is -0.379 e. The van der Waals surface area contributed by atoms with Gasteiger partial charge in [-0.05, 0) is 58.7 Å². The smallest absolute Gasteiger partial charge is 0.276 e. The number of nitrogens with zero attached hydrogens (tertiary/aromatic N) is 5. The number of amides is 1. The predicted molar refractivity (Wildman–Crippen MR) is 138 cm³/mol. The molecule has 2 fully saturated rings. The fraction of sp³-hybridized carbons (Fsp3) is 0.520. The molecule has 0 spiro atoms. The lowest BCUT2D eigenvalue weighted by Gasteiger charge is -2.30. The summed E-state index contributed by atoms with van der Waals surface area (Å²) in [4.78, 5) is 23.2. The molecule has 0 radical (unpaired) electrons. The second-order valence-corrected chi connectivity index (χ2v) is 10.0. The van der Waals surface area contributed by atoms with Crippen LogP contribution in [-0.2, 0) is 0 Å². The van der Waals surface area contributed by atoms with E-state index in [4.69, 9.17) is 5.10 Å². The van der Waals surface area contributed by atoms with Crippen molar-refractivity contribution in [3.63, 3.8) is 0 Å². The van der Waals surface area contributed by atoms with E-state index in [9.17, 15) is 9.18 Å². The maximum Gasteiger partial charge on any atom is 0.276 e. The average Bonchev–Trinajstić information content (AvgIpc) is 3.55. The van der Waals surface area contributed by atoms with Gasteiger partial charge in [0.05, 0.1) is 11.9 Å². The molecule has 2 saturated carbocycles. The van der Waals surface area contributed by atoms with Crippen molar-refractivity contribution in [1.29, 1.82) is 0 Å². The number of rotatable bonds is 10. The first-order valence-corrected chi connectivity index (χ1v) is 12.7. The number of imidazole rings is 1. The molecule has 36 heavy (non-hydrogen) atoms. The van der Waals surface area contributed by atoms with E-state index in [0.29, 0.717) is 35.3 Å². The number of carbonyl (C=O) groups is 1. The molecule has 10 nitrogen and oxygen atoms in total. The highest BCUT2D eigenvalue weighted by Crippen LogP contribution is 2.30. The van der Waals surface area contributed by atoms with Crippen LogP contribution in [0.3, 0.4) is 0 Å². The van der Waals surface area contributed by atoms with Gasteiger partial charge < -0.3 is 26.2 Å². The second kappa shape index (κ2) is 10.8. The number of hydrogen-bond acceptors (Lipinski definition) is 8. The van der Waals surface area contributed by atoms with E-state index < -0.39 is 11.9 Å². The summed E-state index contributed by atoms with van der Waals surface area (Å²) >= 11 is 0. The predicted octanol–water partition coefficient (Wildman–Crippen LogP) is 2.96. The number of hydrogen-bond donors (Lipinski definition) is 4. The van der Waals surface area contributed by atoms with Crippen LogP contribution in [-0.4, -0.2) is 75.7 Å². The van der Waals surface area contributed by atoms with Gasteiger partial charge in [-0.3, -0.25) is 4.79 Å². The van der Waals surface area contributed by atoms with Crippen LogP contribution in [0.5, 0.6) is 0 Å². The van der Waals surface area contributed by atoms with Gasteiger partial charge in [0.15, 0.2) is 11.3 Å². The van der Waals surface area contributed by atoms with Crippen molar-refractivity contribution in [1.82, 2.24) is 29.8 Å². The largest absolute Gasteiger partial charge is 0.379 e. The Balaban J connectivity index is 1.30. The number of pyridine rings is 1. The van der Waals surface area contributed by atoms with E-state index in [0.717, 1.165) is 57.3 Å². The van der Waals surface area contributed by atoms with Gasteiger partial charge in [0.1, 0.15) is 5.82 Å². The summed E-state index contributed by atoms with van der Waals surface area (Å²) in [5, 5.41) is 18.2. The molecule has 2 aliphatic rings. The van der Waals surface area contributed by atoms with Gasteiger partial charge in [-0.1, -0.05) is 0 Å². The van der Waals surface area contributed by atoms with Gasteiger partial charge in [-0.2, -0.15) is 4.39 Å². The van der Waals surface area contributed by atoms with Crippen molar-refractivity contribution in [3.05, 3.63) is 42.2 Å². The van der Waals surface area contributed by atoms with Crippen molar-refractivity contribution >= 4 is 28.7 Å². The fourth-order valence-corrected chi connectivity index (χ4v) is 4.57. The van der Waals surface area contributed by atoms with Crippen LogP contribution in [0.15, 0.2) is 30.6 Å². The van der Waals surface area contributed by atoms with Crippen molar-refractivity contribution in [2.24, 2.45) is 0 Å². The molecule has 0 atom stereocenters. The summed E-state index contributed by atoms with van der Waals surface area (Å²) < 4.78 is 15.0. The molecule has 4 N–H and O–H groups in total. The molecule has 0 aromatic carbocycles. The molecule has 0 unspecified atom stereocenters. The number of likely N-dealkylation sites (N-methyl/N-ethyl adjacent to an activating group) is 1. The maximum absolute atomic E-state index is 13.5. The molecular formula is C25H34FN9O. The molecule has 3 aromatic heterocycles. The summed E-state index contributed by atoms with van der Waals surface area (Å²) in [7, 11) is 4.18. The van der Waals surface area contributed by atoms with Crippen LogP contribution in [0, 0.1) is 5.95 Å². The van der Waals surface area contributed by atoms with Crippen molar-refractivity contribution in [2.75, 3.05) is 43.1 Å². The van der Waals surface area contributed by atoms with E-state index in [1.54, 1.807) is 4.52 Å². The third-order valence-electron chi connectivity index (χ3n) is 6.69. The van der Waals surface area contributed by atoms with Crippen LogP contribution in [0.25, 0.3) is 5.65 Å². The van der Waals surface area contributed by atoms with E-state index in [-0.39, 0.29) is 5.69 Å². The minimum absolute atomic E-state index is 0.276. The molecule has 192 valence electrons. The Bertz CT molecular complexity index is 1200. The molecule has 3 aromatic rings. The summed E-state index contributed by atoms with van der Waals surface area (Å²) in [6.45, 7) is 2.04. The molecular weight excluding hydrogens is 461 g/mol. The van der Waals surface area contributed by atoms with Crippen LogP contribution >= 0.6 is 0 Å². The molecule has 1 amide bonds. The Labute approximate surface area is 210 Å². The topological polar surface area (TPSA) is 112 Å². The van der Waals surface area contributed by atoms with E-state index in [1.165, 1.54) is 24.5 Å². The SMILES string of the molecule is CN(C)CCNC1CCC(Nc2cc(NC3CC3)c3ncc(C(=O)Nc4ccnc(F)c4)n3n2)CC1. The van der Waals surface area contributed by atoms with Gasteiger partial charge in [0.25, 0.3) is 5.91 Å². The number of anilines is 3. The number of carbonyl (C=O) groups excluding carboxylic acids is 1. The summed E-state index contributed by atoms with van der Waals surface area (Å²) in [6, 6.07) is 5.98. The van der Waals surface area contributed by atoms with Gasteiger partial charge in [0, 0.05) is 55.2 Å². The molecule has 0 saturated heterocycles. The highest BCUT2D eigenvalue weighted by Gasteiger charge is 2.26. The Morgan fingerprint density at radius 2 is 1.78 bits per heavy atom. The zero-order chi connectivity index (χ0) is 25.1. The molecule has 11 heteroatoms. The highest BCUT2D eigenvalue weighted by molar-refractivity contribution is 6.03. The fourth-order valence-electron chi connectivity index (χ4n) is 4.57. The van der Waals surface area contributed by atoms with Crippen molar-refractivity contribution in [2.45, 2.75) is 56.7 Å². The van der Waals surface area contributed by atoms with Crippen LogP contribution in [0.2, 0.25) is 0 Å². The van der Waals surface area contributed by atoms with Crippen molar-refractivity contribution in [3.8, 4) is 0 Å². The molecule has 5 rings (SSSR count). The van der Waals surface area contributed by atoms with Gasteiger partial charge in [0.2, 0.25) is 5.95 Å². The van der Waals surface area contributed by atoms with E-state index >= 15 is 0 Å². The van der Waals surface area contributed by atoms with Crippen LogP contribution in [0.4, 0.5) is 21.6 Å². The maximum atomic E-state index is 13.5. The molecule has 0 aliphatic heterocycles.